The smallest absolute Gasteiger partial charge is 0.0595 e. The van der Waals surface area contributed by atoms with E-state index in [-0.39, 0.29) is 0 Å². The summed E-state index contributed by atoms with van der Waals surface area (Å²) in [5.74, 6) is 0. The third-order valence-electron chi connectivity index (χ3n) is 3.14. The summed E-state index contributed by atoms with van der Waals surface area (Å²) in [5, 5.41) is 4.73. The van der Waals surface area contributed by atoms with Crippen molar-refractivity contribution < 1.29 is 0 Å². The summed E-state index contributed by atoms with van der Waals surface area (Å²) in [7, 11) is 0. The molecule has 0 aliphatic carbocycles. The van der Waals surface area contributed by atoms with Crippen LogP contribution in [0.1, 0.15) is 33.8 Å². The van der Waals surface area contributed by atoms with Crippen molar-refractivity contribution in [2.45, 2.75) is 33.4 Å². The van der Waals surface area contributed by atoms with Gasteiger partial charge in [0.05, 0.1) is 10.0 Å². The third kappa shape index (κ3) is 3.73. The molecule has 1 N–H and O–H groups in total. The normalized spacial score (nSPS) is 12.7. The first-order chi connectivity index (χ1) is 8.97. The van der Waals surface area contributed by atoms with Gasteiger partial charge in [-0.1, -0.05) is 29.3 Å². The molecule has 0 aliphatic rings. The highest BCUT2D eigenvalue weighted by molar-refractivity contribution is 7.12. The lowest BCUT2D eigenvalue weighted by Crippen LogP contribution is -2.18. The summed E-state index contributed by atoms with van der Waals surface area (Å²) in [6, 6.07) is 8.34. The number of hydrogen-bond donors (Lipinski definition) is 1. The predicted octanol–water partition coefficient (Wildman–Crippen LogP) is 5.52. The van der Waals surface area contributed by atoms with Crippen LogP contribution in [0.15, 0.2) is 24.3 Å². The molecular formula is C15H17Cl2NS. The average Bonchev–Trinajstić information content (AvgIpc) is 2.70. The van der Waals surface area contributed by atoms with Gasteiger partial charge in [-0.3, -0.25) is 0 Å². The molecule has 0 spiro atoms. The van der Waals surface area contributed by atoms with Gasteiger partial charge in [-0.25, -0.2) is 0 Å². The van der Waals surface area contributed by atoms with Crippen molar-refractivity contribution in [3.05, 3.63) is 55.2 Å². The zero-order chi connectivity index (χ0) is 14.0. The monoisotopic (exact) mass is 313 g/mol. The summed E-state index contributed by atoms with van der Waals surface area (Å²) in [6.45, 7) is 7.29. The van der Waals surface area contributed by atoms with Crippen LogP contribution in [0, 0.1) is 13.8 Å². The quantitative estimate of drug-likeness (QED) is 0.783. The van der Waals surface area contributed by atoms with Crippen molar-refractivity contribution in [1.29, 1.82) is 0 Å². The molecule has 0 amide bonds. The zero-order valence-corrected chi connectivity index (χ0v) is 13.6. The number of benzene rings is 1. The molecule has 0 saturated heterocycles. The van der Waals surface area contributed by atoms with E-state index in [1.807, 2.05) is 29.5 Å². The van der Waals surface area contributed by atoms with Crippen LogP contribution < -0.4 is 5.32 Å². The van der Waals surface area contributed by atoms with Crippen LogP contribution in [0.25, 0.3) is 0 Å². The molecule has 1 nitrogen and oxygen atoms in total. The summed E-state index contributed by atoms with van der Waals surface area (Å²) in [5.41, 5.74) is 2.52. The molecule has 2 rings (SSSR count). The van der Waals surface area contributed by atoms with Gasteiger partial charge < -0.3 is 5.32 Å². The molecule has 1 atom stereocenters. The number of hydrogen-bond acceptors (Lipinski definition) is 2. The predicted molar refractivity (Wildman–Crippen MR) is 85.5 cm³/mol. The van der Waals surface area contributed by atoms with E-state index in [1.54, 1.807) is 0 Å². The van der Waals surface area contributed by atoms with Crippen LogP contribution in [0.3, 0.4) is 0 Å². The van der Waals surface area contributed by atoms with Crippen LogP contribution in [0.4, 0.5) is 0 Å². The molecule has 1 heterocycles. The minimum absolute atomic E-state index is 0.333. The molecule has 2 aromatic rings. The number of aryl methyl sites for hydroxylation is 2. The fourth-order valence-corrected chi connectivity index (χ4v) is 3.45. The molecule has 1 unspecified atom stereocenters. The van der Waals surface area contributed by atoms with Crippen molar-refractivity contribution in [3.8, 4) is 0 Å². The van der Waals surface area contributed by atoms with Gasteiger partial charge >= 0.3 is 0 Å². The van der Waals surface area contributed by atoms with Crippen LogP contribution >= 0.6 is 34.5 Å². The fourth-order valence-electron chi connectivity index (χ4n) is 2.11. The minimum atomic E-state index is 0.333. The maximum atomic E-state index is 6.02. The van der Waals surface area contributed by atoms with E-state index in [1.165, 1.54) is 15.3 Å². The van der Waals surface area contributed by atoms with Gasteiger partial charge in [-0.15, -0.1) is 11.3 Å². The molecule has 1 aromatic heterocycles. The van der Waals surface area contributed by atoms with E-state index in [0.717, 1.165) is 12.1 Å². The van der Waals surface area contributed by atoms with Crippen LogP contribution in [0.2, 0.25) is 10.0 Å². The largest absolute Gasteiger partial charge is 0.306 e. The first-order valence-electron chi connectivity index (χ1n) is 6.21. The Morgan fingerprint density at radius 3 is 2.47 bits per heavy atom. The summed E-state index contributed by atoms with van der Waals surface area (Å²) in [4.78, 5) is 2.74. The summed E-state index contributed by atoms with van der Waals surface area (Å²) in [6.07, 6.45) is 0. The fraction of sp³-hybridized carbons (Fsp3) is 0.333. The maximum Gasteiger partial charge on any atom is 0.0595 e. The molecular weight excluding hydrogens is 297 g/mol. The Bertz CT molecular complexity index is 578. The Kier molecular flexibility index (Phi) is 4.91. The Hall–Kier alpha value is -0.540. The number of nitrogens with one attached hydrogen (secondary N) is 1. The molecule has 0 fully saturated rings. The van der Waals surface area contributed by atoms with Crippen molar-refractivity contribution in [2.75, 3.05) is 0 Å². The van der Waals surface area contributed by atoms with Gasteiger partial charge in [0.25, 0.3) is 0 Å². The van der Waals surface area contributed by atoms with Crippen molar-refractivity contribution in [1.82, 2.24) is 5.32 Å². The van der Waals surface area contributed by atoms with Crippen molar-refractivity contribution >= 4 is 34.5 Å². The molecule has 0 saturated carbocycles. The van der Waals surface area contributed by atoms with Gasteiger partial charge in [-0.05, 0) is 50.1 Å². The van der Waals surface area contributed by atoms with Crippen molar-refractivity contribution in [3.63, 3.8) is 0 Å². The molecule has 0 bridgehead atoms. The Morgan fingerprint density at radius 2 is 1.89 bits per heavy atom. The molecule has 102 valence electrons. The standard InChI is InChI=1S/C15H17Cl2NS/c1-9-6-13(11(3)19-9)10(2)18-8-12-4-5-14(16)15(17)7-12/h4-7,10,18H,8H2,1-3H3. The Labute approximate surface area is 128 Å². The lowest BCUT2D eigenvalue weighted by atomic mass is 10.1. The van der Waals surface area contributed by atoms with E-state index < -0.39 is 0 Å². The highest BCUT2D eigenvalue weighted by Crippen LogP contribution is 2.27. The van der Waals surface area contributed by atoms with Gasteiger partial charge in [0.1, 0.15) is 0 Å². The van der Waals surface area contributed by atoms with Gasteiger partial charge in [0.15, 0.2) is 0 Å². The number of rotatable bonds is 4. The molecule has 19 heavy (non-hydrogen) atoms. The lowest BCUT2D eigenvalue weighted by molar-refractivity contribution is 0.574. The zero-order valence-electron chi connectivity index (χ0n) is 11.3. The van der Waals surface area contributed by atoms with Crippen LogP contribution in [-0.2, 0) is 6.54 Å². The SMILES string of the molecule is Cc1cc(C(C)NCc2ccc(Cl)c(Cl)c2)c(C)s1. The Balaban J connectivity index is 2.02. The number of halogens is 2. The van der Waals surface area contributed by atoms with E-state index in [9.17, 15) is 0 Å². The first-order valence-corrected chi connectivity index (χ1v) is 7.79. The van der Waals surface area contributed by atoms with E-state index in [2.05, 4.69) is 32.2 Å². The topological polar surface area (TPSA) is 12.0 Å². The highest BCUT2D eigenvalue weighted by atomic mass is 35.5. The van der Waals surface area contributed by atoms with Crippen LogP contribution in [-0.4, -0.2) is 0 Å². The van der Waals surface area contributed by atoms with E-state index in [4.69, 9.17) is 23.2 Å². The van der Waals surface area contributed by atoms with Crippen LogP contribution in [0.5, 0.6) is 0 Å². The summed E-state index contributed by atoms with van der Waals surface area (Å²) >= 11 is 13.8. The van der Waals surface area contributed by atoms with Gasteiger partial charge in [0, 0.05) is 22.3 Å². The van der Waals surface area contributed by atoms with E-state index in [0.29, 0.717) is 16.1 Å². The average molecular weight is 314 g/mol. The van der Waals surface area contributed by atoms with E-state index >= 15 is 0 Å². The highest BCUT2D eigenvalue weighted by Gasteiger charge is 2.10. The van der Waals surface area contributed by atoms with Gasteiger partial charge in [-0.2, -0.15) is 0 Å². The maximum absolute atomic E-state index is 6.02. The molecule has 4 heteroatoms. The van der Waals surface area contributed by atoms with Gasteiger partial charge in [0.2, 0.25) is 0 Å². The lowest BCUT2D eigenvalue weighted by Gasteiger charge is -2.14. The molecule has 0 aliphatic heterocycles. The second-order valence-electron chi connectivity index (χ2n) is 4.72. The number of thiophene rings is 1. The van der Waals surface area contributed by atoms with Crippen molar-refractivity contribution in [2.24, 2.45) is 0 Å². The second-order valence-corrected chi connectivity index (χ2v) is 6.99. The molecule has 1 aromatic carbocycles. The third-order valence-corrected chi connectivity index (χ3v) is 4.86. The minimum Gasteiger partial charge on any atom is -0.306 e. The Morgan fingerprint density at radius 1 is 1.16 bits per heavy atom. The summed E-state index contributed by atoms with van der Waals surface area (Å²) < 4.78 is 0. The molecule has 0 radical (unpaired) electrons. The first kappa shape index (κ1) is 14.9. The second kappa shape index (κ2) is 6.27.